The van der Waals surface area contributed by atoms with E-state index >= 15 is 0 Å². The minimum atomic E-state index is -5.08. The lowest BCUT2D eigenvalue weighted by atomic mass is 9.82. The van der Waals surface area contributed by atoms with Crippen LogP contribution in [0.3, 0.4) is 0 Å². The molecule has 1 aliphatic carbocycles. The summed E-state index contributed by atoms with van der Waals surface area (Å²) >= 11 is 6.07. The Kier molecular flexibility index (Phi) is 11.1. The lowest BCUT2D eigenvalue weighted by Crippen LogP contribution is -2.56. The minimum Gasteiger partial charge on any atom is -0.475 e. The topological polar surface area (TPSA) is 102 Å². The third-order valence-corrected chi connectivity index (χ3v) is 8.49. The minimum absolute atomic E-state index is 0.0825. The second kappa shape index (κ2) is 13.7. The van der Waals surface area contributed by atoms with Crippen LogP contribution in [-0.2, 0) is 25.8 Å². The number of morpholine rings is 1. The Morgan fingerprint density at radius 2 is 1.75 bits per heavy atom. The summed E-state index contributed by atoms with van der Waals surface area (Å²) in [6, 6.07) is 11.2. The van der Waals surface area contributed by atoms with E-state index in [-0.39, 0.29) is 17.9 Å². The largest absolute Gasteiger partial charge is 0.490 e. The van der Waals surface area contributed by atoms with E-state index in [1.54, 1.807) is 0 Å². The fourth-order valence-electron chi connectivity index (χ4n) is 5.30. The second-order valence-electron chi connectivity index (χ2n) is 10.9. The number of carbonyl (C=O) groups is 1. The molecule has 0 unspecified atom stereocenters. The number of benzene rings is 1. The molecule has 0 spiro atoms. The number of carboxylic acids is 1. The van der Waals surface area contributed by atoms with Gasteiger partial charge in [0.05, 0.1) is 24.2 Å². The maximum Gasteiger partial charge on any atom is 0.490 e. The van der Waals surface area contributed by atoms with Gasteiger partial charge in [-0.25, -0.2) is 13.2 Å². The summed E-state index contributed by atoms with van der Waals surface area (Å²) in [4.78, 5) is 11.4. The molecule has 0 bridgehead atoms. The quantitative estimate of drug-likeness (QED) is 0.465. The molecular formula is C27H37ClF3N3O5S. The van der Waals surface area contributed by atoms with Gasteiger partial charge in [-0.3, -0.25) is 9.58 Å². The average molecular weight is 608 g/mol. The number of rotatable bonds is 7. The van der Waals surface area contributed by atoms with E-state index in [2.05, 4.69) is 43.1 Å². The molecule has 0 amide bonds. The van der Waals surface area contributed by atoms with Crippen LogP contribution in [0.15, 0.2) is 36.5 Å². The van der Waals surface area contributed by atoms with Gasteiger partial charge in [-0.05, 0) is 69.7 Å². The Hall–Kier alpha value is -2.15. The maximum absolute atomic E-state index is 11.9. The molecule has 1 N–H and O–H groups in total. The summed E-state index contributed by atoms with van der Waals surface area (Å²) in [5.41, 5.74) is 2.43. The summed E-state index contributed by atoms with van der Waals surface area (Å²) in [6.45, 7) is 5.53. The van der Waals surface area contributed by atoms with Crippen molar-refractivity contribution in [2.45, 2.75) is 82.3 Å². The number of aromatic nitrogens is 2. The molecule has 1 aromatic carbocycles. The van der Waals surface area contributed by atoms with E-state index in [1.165, 1.54) is 17.5 Å². The summed E-state index contributed by atoms with van der Waals surface area (Å²) < 4.78 is 63.7. The number of hydrogen-bond acceptors (Lipinski definition) is 6. The molecular weight excluding hydrogens is 571 g/mol. The third-order valence-electron chi connectivity index (χ3n) is 7.27. The van der Waals surface area contributed by atoms with Gasteiger partial charge in [-0.15, -0.1) is 0 Å². The van der Waals surface area contributed by atoms with Gasteiger partial charge in [0.2, 0.25) is 0 Å². The molecule has 2 heterocycles. The van der Waals surface area contributed by atoms with Gasteiger partial charge in [-0.2, -0.15) is 18.3 Å². The first kappa shape index (κ1) is 32.4. The Morgan fingerprint density at radius 1 is 1.15 bits per heavy atom. The van der Waals surface area contributed by atoms with Gasteiger partial charge in [-0.1, -0.05) is 23.7 Å². The summed E-state index contributed by atoms with van der Waals surface area (Å²) in [6.07, 6.45) is 3.34. The highest BCUT2D eigenvalue weighted by Crippen LogP contribution is 2.36. The zero-order valence-electron chi connectivity index (χ0n) is 22.8. The molecule has 224 valence electrons. The molecule has 8 nitrogen and oxygen atoms in total. The zero-order valence-corrected chi connectivity index (χ0v) is 24.4. The van der Waals surface area contributed by atoms with Crippen molar-refractivity contribution in [3.63, 3.8) is 0 Å². The molecule has 2 atom stereocenters. The highest BCUT2D eigenvalue weighted by molar-refractivity contribution is 7.90. The number of nitrogens with zero attached hydrogens (tertiary/aromatic N) is 3. The normalized spacial score (nSPS) is 24.4. The number of alkyl halides is 3. The third kappa shape index (κ3) is 9.74. The van der Waals surface area contributed by atoms with Gasteiger partial charge < -0.3 is 9.84 Å². The monoisotopic (exact) mass is 607 g/mol. The standard InChI is InChI=1S/C25H36ClN3O3S.C2HF3O2/c1-18(2)29-13-12-25(27-29)20-6-10-22(11-7-20)28-15-24(17-33(3,30)31)32-16-23(28)14-19-4-8-21(26)9-5-19;3-2(4,5)1(6)7/h4-5,8-9,12-13,18,20,22-24H,6-7,10-11,14-17H2,1-3H3;(H,6,7)/t20?,22?,23-,24+;/m0./s1. The number of carboxylic acid groups (broad SMARTS) is 1. The van der Waals surface area contributed by atoms with Gasteiger partial charge >= 0.3 is 12.1 Å². The predicted molar refractivity (Wildman–Crippen MR) is 146 cm³/mol. The predicted octanol–water partition coefficient (Wildman–Crippen LogP) is 5.13. The van der Waals surface area contributed by atoms with E-state index in [0.29, 0.717) is 31.2 Å². The fraction of sp³-hybridized carbons (Fsp3) is 0.630. The number of ether oxygens (including phenoxy) is 1. The highest BCUT2D eigenvalue weighted by atomic mass is 35.5. The van der Waals surface area contributed by atoms with E-state index in [9.17, 15) is 21.6 Å². The smallest absolute Gasteiger partial charge is 0.475 e. The van der Waals surface area contributed by atoms with Crippen molar-refractivity contribution < 1.29 is 36.2 Å². The molecule has 1 saturated carbocycles. The summed E-state index contributed by atoms with van der Waals surface area (Å²) in [5, 5.41) is 12.7. The molecule has 1 aliphatic heterocycles. The van der Waals surface area contributed by atoms with E-state index in [0.717, 1.165) is 37.1 Å². The molecule has 1 aromatic heterocycles. The molecule has 1 saturated heterocycles. The molecule has 0 radical (unpaired) electrons. The van der Waals surface area contributed by atoms with Crippen LogP contribution < -0.4 is 0 Å². The number of hydrogen-bond donors (Lipinski definition) is 1. The van der Waals surface area contributed by atoms with Crippen LogP contribution >= 0.6 is 11.6 Å². The van der Waals surface area contributed by atoms with Crippen molar-refractivity contribution in [3.05, 3.63) is 52.8 Å². The van der Waals surface area contributed by atoms with Gasteiger partial charge in [0.1, 0.15) is 9.84 Å². The lowest BCUT2D eigenvalue weighted by molar-refractivity contribution is -0.192. The molecule has 2 fully saturated rings. The SMILES string of the molecule is CC(C)n1ccc(C2CCC(N3C[C@H](CS(C)(=O)=O)OC[C@@H]3Cc3ccc(Cl)cc3)CC2)n1.O=C(O)C(F)(F)F. The summed E-state index contributed by atoms with van der Waals surface area (Å²) in [5.74, 6) is -2.17. The van der Waals surface area contributed by atoms with Crippen LogP contribution in [-0.4, -0.2) is 83.7 Å². The van der Waals surface area contributed by atoms with E-state index < -0.39 is 22.0 Å². The Labute approximate surface area is 238 Å². The van der Waals surface area contributed by atoms with Gasteiger partial charge in [0.25, 0.3) is 0 Å². The van der Waals surface area contributed by atoms with Crippen molar-refractivity contribution in [1.29, 1.82) is 0 Å². The molecule has 2 aliphatic rings. The van der Waals surface area contributed by atoms with Crippen molar-refractivity contribution >= 4 is 27.4 Å². The van der Waals surface area contributed by atoms with Crippen molar-refractivity contribution in [1.82, 2.24) is 14.7 Å². The fourth-order valence-corrected chi connectivity index (χ4v) is 6.30. The lowest BCUT2D eigenvalue weighted by Gasteiger charge is -2.46. The number of halogens is 4. The first-order valence-electron chi connectivity index (χ1n) is 13.3. The molecule has 4 rings (SSSR count). The Morgan fingerprint density at radius 3 is 2.25 bits per heavy atom. The second-order valence-corrected chi connectivity index (χ2v) is 13.5. The Balaban J connectivity index is 0.000000559. The molecule has 40 heavy (non-hydrogen) atoms. The van der Waals surface area contributed by atoms with Crippen molar-refractivity contribution in [3.8, 4) is 0 Å². The first-order chi connectivity index (χ1) is 18.6. The zero-order chi connectivity index (χ0) is 29.7. The van der Waals surface area contributed by atoms with Crippen LogP contribution in [0.1, 0.15) is 62.7 Å². The van der Waals surface area contributed by atoms with Crippen LogP contribution in [0.25, 0.3) is 0 Å². The van der Waals surface area contributed by atoms with Crippen LogP contribution in [0.4, 0.5) is 13.2 Å². The van der Waals surface area contributed by atoms with Crippen LogP contribution in [0, 0.1) is 0 Å². The average Bonchev–Trinajstić information content (AvgIpc) is 3.36. The Bertz CT molecular complexity index is 1210. The maximum atomic E-state index is 11.9. The van der Waals surface area contributed by atoms with Gasteiger partial charge in [0, 0.05) is 48.1 Å². The van der Waals surface area contributed by atoms with Crippen LogP contribution in [0.2, 0.25) is 5.02 Å². The first-order valence-corrected chi connectivity index (χ1v) is 15.7. The number of aliphatic carboxylic acids is 1. The highest BCUT2D eigenvalue weighted by Gasteiger charge is 2.38. The van der Waals surface area contributed by atoms with E-state index in [4.69, 9.17) is 31.3 Å². The molecule has 2 aromatic rings. The van der Waals surface area contributed by atoms with Crippen molar-refractivity contribution in [2.75, 3.05) is 25.2 Å². The van der Waals surface area contributed by atoms with Gasteiger partial charge in [0.15, 0.2) is 0 Å². The van der Waals surface area contributed by atoms with Crippen molar-refractivity contribution in [2.24, 2.45) is 0 Å². The summed E-state index contributed by atoms with van der Waals surface area (Å²) in [7, 11) is -3.09. The number of sulfone groups is 1. The molecule has 13 heteroatoms. The van der Waals surface area contributed by atoms with E-state index in [1.807, 2.05) is 16.8 Å². The van der Waals surface area contributed by atoms with Crippen LogP contribution in [0.5, 0.6) is 0 Å².